The first-order valence-corrected chi connectivity index (χ1v) is 10.9. The fourth-order valence-electron chi connectivity index (χ4n) is 3.46. The number of pyridine rings is 1. The van der Waals surface area contributed by atoms with Crippen LogP contribution >= 0.6 is 11.3 Å². The molecule has 7 nitrogen and oxygen atoms in total. The molecule has 0 radical (unpaired) electrons. The van der Waals surface area contributed by atoms with Gasteiger partial charge in [-0.05, 0) is 48.5 Å². The minimum Gasteiger partial charge on any atom is -0.497 e. The molecule has 1 N–H and O–H groups in total. The lowest BCUT2D eigenvalue weighted by Gasteiger charge is -2.09. The number of amides is 1. The zero-order valence-corrected chi connectivity index (χ0v) is 18.7. The molecule has 0 unspecified atom stereocenters. The van der Waals surface area contributed by atoms with E-state index < -0.39 is 0 Å². The number of ether oxygens (including phenoxy) is 3. The fourth-order valence-corrected chi connectivity index (χ4v) is 4.35. The van der Waals surface area contributed by atoms with Crippen LogP contribution in [0, 0.1) is 0 Å². The highest BCUT2D eigenvalue weighted by atomic mass is 32.1. The number of benzene rings is 3. The number of rotatable bonds is 6. The predicted molar refractivity (Wildman–Crippen MR) is 129 cm³/mol. The number of carbonyl (C=O) groups is 1. The van der Waals surface area contributed by atoms with Crippen LogP contribution in [0.1, 0.15) is 10.4 Å². The van der Waals surface area contributed by atoms with Gasteiger partial charge in [-0.2, -0.15) is 0 Å². The summed E-state index contributed by atoms with van der Waals surface area (Å²) >= 11 is 1.37. The second kappa shape index (κ2) is 8.76. The van der Waals surface area contributed by atoms with Gasteiger partial charge in [-0.3, -0.25) is 15.1 Å². The van der Waals surface area contributed by atoms with Crippen LogP contribution in [-0.4, -0.2) is 30.1 Å². The summed E-state index contributed by atoms with van der Waals surface area (Å²) < 4.78 is 17.7. The first-order chi connectivity index (χ1) is 16.1. The maximum absolute atomic E-state index is 12.7. The monoisotopic (exact) mass is 457 g/mol. The average Bonchev–Trinajstić information content (AvgIpc) is 3.25. The average molecular weight is 458 g/mol. The third-order valence-corrected chi connectivity index (χ3v) is 6.00. The van der Waals surface area contributed by atoms with Crippen LogP contribution in [-0.2, 0) is 0 Å². The Bertz CT molecular complexity index is 1480. The third kappa shape index (κ3) is 4.16. The number of methoxy groups -OCH3 is 2. The van der Waals surface area contributed by atoms with Crippen LogP contribution in [0.3, 0.4) is 0 Å². The van der Waals surface area contributed by atoms with E-state index in [9.17, 15) is 4.79 Å². The van der Waals surface area contributed by atoms with Gasteiger partial charge in [-0.15, -0.1) is 0 Å². The van der Waals surface area contributed by atoms with Crippen molar-refractivity contribution < 1.29 is 19.0 Å². The molecule has 0 spiro atoms. The highest BCUT2D eigenvalue weighted by Gasteiger charge is 2.15. The van der Waals surface area contributed by atoms with E-state index in [1.54, 1.807) is 31.5 Å². The predicted octanol–water partition coefficient (Wildman–Crippen LogP) is 5.91. The Kier molecular flexibility index (Phi) is 5.50. The molecule has 2 heterocycles. The van der Waals surface area contributed by atoms with Gasteiger partial charge in [0.05, 0.1) is 35.5 Å². The molecule has 164 valence electrons. The van der Waals surface area contributed by atoms with E-state index >= 15 is 0 Å². The summed E-state index contributed by atoms with van der Waals surface area (Å²) in [5, 5.41) is 4.20. The van der Waals surface area contributed by atoms with Gasteiger partial charge >= 0.3 is 0 Å². The van der Waals surface area contributed by atoms with E-state index in [0.29, 0.717) is 27.9 Å². The van der Waals surface area contributed by atoms with Crippen molar-refractivity contribution in [1.82, 2.24) is 9.97 Å². The molecule has 5 aromatic rings. The van der Waals surface area contributed by atoms with Crippen molar-refractivity contribution >= 4 is 43.5 Å². The van der Waals surface area contributed by atoms with Crippen molar-refractivity contribution in [2.45, 2.75) is 0 Å². The highest BCUT2D eigenvalue weighted by Crippen LogP contribution is 2.35. The number of thiazole rings is 1. The van der Waals surface area contributed by atoms with Crippen molar-refractivity contribution in [2.75, 3.05) is 19.5 Å². The van der Waals surface area contributed by atoms with Gasteiger partial charge in [0.1, 0.15) is 23.0 Å². The van der Waals surface area contributed by atoms with Crippen LogP contribution in [0.2, 0.25) is 0 Å². The molecule has 33 heavy (non-hydrogen) atoms. The van der Waals surface area contributed by atoms with Crippen molar-refractivity contribution in [1.29, 1.82) is 0 Å². The number of fused-ring (bicyclic) bond motifs is 2. The summed E-state index contributed by atoms with van der Waals surface area (Å²) in [6.07, 6.45) is 1.71. The Balaban J connectivity index is 1.41. The van der Waals surface area contributed by atoms with E-state index in [4.69, 9.17) is 14.2 Å². The van der Waals surface area contributed by atoms with Gasteiger partial charge in [0.25, 0.3) is 5.91 Å². The Hall–Kier alpha value is -4.17. The normalized spacial score (nSPS) is 10.8. The van der Waals surface area contributed by atoms with Crippen LogP contribution < -0.4 is 19.5 Å². The summed E-state index contributed by atoms with van der Waals surface area (Å²) in [7, 11) is 3.16. The summed E-state index contributed by atoms with van der Waals surface area (Å²) in [6.45, 7) is 0. The zero-order valence-electron chi connectivity index (χ0n) is 17.9. The van der Waals surface area contributed by atoms with Gasteiger partial charge in [0.15, 0.2) is 5.13 Å². The Morgan fingerprint density at radius 1 is 0.879 bits per heavy atom. The number of hydrogen-bond donors (Lipinski definition) is 1. The first kappa shape index (κ1) is 20.7. The summed E-state index contributed by atoms with van der Waals surface area (Å²) in [5.74, 6) is 2.29. The summed E-state index contributed by atoms with van der Waals surface area (Å²) in [5.41, 5.74) is 2.03. The van der Waals surface area contributed by atoms with Crippen LogP contribution in [0.25, 0.3) is 21.1 Å². The number of nitrogens with zero attached hydrogens (tertiary/aromatic N) is 2. The minimum atomic E-state index is -0.278. The Labute approximate surface area is 193 Å². The number of aromatic nitrogens is 2. The van der Waals surface area contributed by atoms with Gasteiger partial charge in [-0.25, -0.2) is 4.98 Å². The molecule has 0 aliphatic carbocycles. The lowest BCUT2D eigenvalue weighted by atomic mass is 10.2. The minimum absolute atomic E-state index is 0.278. The number of para-hydroxylation sites is 1. The zero-order chi connectivity index (χ0) is 22.8. The molecule has 0 saturated heterocycles. The molecule has 2 aromatic heterocycles. The fraction of sp³-hybridized carbons (Fsp3) is 0.0800. The topological polar surface area (TPSA) is 82.6 Å². The maximum atomic E-state index is 12.7. The largest absolute Gasteiger partial charge is 0.497 e. The molecule has 0 aliphatic heterocycles. The standard InChI is InChI=1S/C25H19N3O4S/c1-30-15-7-9-19-18(13-15)22(11-12-26-19)32-16-8-10-20-23(14-16)33-25(27-20)28-24(29)17-5-3-4-6-21(17)31-2/h3-14H,1-2H3,(H,27,28,29). The van der Waals surface area contributed by atoms with Gasteiger partial charge < -0.3 is 14.2 Å². The number of nitrogens with one attached hydrogen (secondary N) is 1. The third-order valence-electron chi connectivity index (χ3n) is 5.07. The molecule has 8 heteroatoms. The van der Waals surface area contributed by atoms with E-state index in [0.717, 1.165) is 26.9 Å². The van der Waals surface area contributed by atoms with Crippen LogP contribution in [0.5, 0.6) is 23.0 Å². The molecule has 0 bridgehead atoms. The Morgan fingerprint density at radius 2 is 1.70 bits per heavy atom. The van der Waals surface area contributed by atoms with Crippen molar-refractivity contribution in [3.63, 3.8) is 0 Å². The summed E-state index contributed by atoms with van der Waals surface area (Å²) in [4.78, 5) is 21.6. The van der Waals surface area contributed by atoms with E-state index in [-0.39, 0.29) is 5.91 Å². The number of carbonyl (C=O) groups excluding carboxylic acids is 1. The SMILES string of the molecule is COc1ccc2nccc(Oc3ccc4nc(NC(=O)c5ccccc5OC)sc4c3)c2c1. The van der Waals surface area contributed by atoms with Gasteiger partial charge in [0, 0.05) is 17.6 Å². The van der Waals surface area contributed by atoms with Crippen molar-refractivity contribution in [3.8, 4) is 23.0 Å². The van der Waals surface area contributed by atoms with E-state index in [1.807, 2.05) is 48.5 Å². The number of anilines is 1. The Morgan fingerprint density at radius 3 is 2.55 bits per heavy atom. The molecule has 0 atom stereocenters. The highest BCUT2D eigenvalue weighted by molar-refractivity contribution is 7.22. The molecule has 0 fully saturated rings. The lowest BCUT2D eigenvalue weighted by Crippen LogP contribution is -2.12. The maximum Gasteiger partial charge on any atom is 0.261 e. The first-order valence-electron chi connectivity index (χ1n) is 10.1. The van der Waals surface area contributed by atoms with Gasteiger partial charge in [-0.1, -0.05) is 23.5 Å². The van der Waals surface area contributed by atoms with Crippen LogP contribution in [0.4, 0.5) is 5.13 Å². The second-order valence-corrected chi connectivity index (χ2v) is 8.13. The van der Waals surface area contributed by atoms with Crippen molar-refractivity contribution in [3.05, 3.63) is 78.5 Å². The van der Waals surface area contributed by atoms with Crippen molar-refractivity contribution in [2.24, 2.45) is 0 Å². The van der Waals surface area contributed by atoms with Crippen LogP contribution in [0.15, 0.2) is 72.9 Å². The number of hydrogen-bond acceptors (Lipinski definition) is 7. The van der Waals surface area contributed by atoms with E-state index in [1.165, 1.54) is 18.4 Å². The molecule has 5 rings (SSSR count). The van der Waals surface area contributed by atoms with Gasteiger partial charge in [0.2, 0.25) is 0 Å². The summed E-state index contributed by atoms with van der Waals surface area (Å²) in [6, 6.07) is 20.1. The molecule has 0 saturated carbocycles. The molecule has 1 amide bonds. The molecule has 3 aromatic carbocycles. The lowest BCUT2D eigenvalue weighted by molar-refractivity contribution is 0.102. The van der Waals surface area contributed by atoms with E-state index in [2.05, 4.69) is 15.3 Å². The molecule has 0 aliphatic rings. The smallest absolute Gasteiger partial charge is 0.261 e. The quantitative estimate of drug-likeness (QED) is 0.342. The molecular formula is C25H19N3O4S. The second-order valence-electron chi connectivity index (χ2n) is 7.10. The molecular weight excluding hydrogens is 438 g/mol.